The first-order valence-electron chi connectivity index (χ1n) is 3.23. The molecule has 0 radical (unpaired) electrons. The van der Waals surface area contributed by atoms with Crippen molar-refractivity contribution in [3.63, 3.8) is 0 Å². The highest BCUT2D eigenvalue weighted by Gasteiger charge is 2.01. The molecule has 0 aliphatic rings. The van der Waals surface area contributed by atoms with Crippen LogP contribution in [0.5, 0.6) is 0 Å². The first-order valence-corrected chi connectivity index (χ1v) is 3.23. The van der Waals surface area contributed by atoms with Crippen LogP contribution in [0, 0.1) is 0 Å². The van der Waals surface area contributed by atoms with Gasteiger partial charge in [-0.05, 0) is 0 Å². The fourth-order valence-electron chi connectivity index (χ4n) is 0.707. The lowest BCUT2D eigenvalue weighted by atomic mass is 10.7. The highest BCUT2D eigenvalue weighted by atomic mass is 16.2. The fraction of sp³-hybridized carbons (Fsp3) is 0.333. The summed E-state index contributed by atoms with van der Waals surface area (Å²) in [6, 6.07) is 0. The Morgan fingerprint density at radius 2 is 2.17 bits per heavy atom. The van der Waals surface area contributed by atoms with E-state index >= 15 is 0 Å². The molecule has 1 heterocycles. The maximum atomic E-state index is 11.0. The average Bonchev–Trinajstić information content (AvgIpc) is 2.07. The second-order valence-corrected chi connectivity index (χ2v) is 2.20. The van der Waals surface area contributed by atoms with Crippen LogP contribution in [0.15, 0.2) is 15.9 Å². The number of aromatic nitrogens is 3. The van der Waals surface area contributed by atoms with Crippen molar-refractivity contribution in [2.24, 2.45) is 7.05 Å². The van der Waals surface area contributed by atoms with Gasteiger partial charge in [-0.3, -0.25) is 14.2 Å². The van der Waals surface area contributed by atoms with Crippen molar-refractivity contribution in [1.82, 2.24) is 14.3 Å². The Balaban J connectivity index is 3.37. The largest absolute Gasteiger partial charge is 0.332 e. The van der Waals surface area contributed by atoms with Crippen molar-refractivity contribution in [1.29, 1.82) is 0 Å². The van der Waals surface area contributed by atoms with Crippen molar-refractivity contribution >= 4 is 6.29 Å². The third-order valence-corrected chi connectivity index (χ3v) is 1.35. The second-order valence-electron chi connectivity index (χ2n) is 2.20. The lowest BCUT2D eigenvalue weighted by molar-refractivity contribution is -0.108. The summed E-state index contributed by atoms with van der Waals surface area (Å²) in [6.07, 6.45) is 1.70. The molecule has 1 rings (SSSR count). The van der Waals surface area contributed by atoms with Gasteiger partial charge in [0.25, 0.3) is 0 Å². The Morgan fingerprint density at radius 3 is 2.75 bits per heavy atom. The van der Waals surface area contributed by atoms with Gasteiger partial charge < -0.3 is 4.79 Å². The fourth-order valence-corrected chi connectivity index (χ4v) is 0.707. The van der Waals surface area contributed by atoms with Crippen molar-refractivity contribution in [2.75, 3.05) is 0 Å². The zero-order valence-electron chi connectivity index (χ0n) is 6.43. The molecule has 0 unspecified atom stereocenters. The molecule has 0 N–H and O–H groups in total. The highest BCUT2D eigenvalue weighted by Crippen LogP contribution is 1.67. The summed E-state index contributed by atoms with van der Waals surface area (Å²) in [5.41, 5.74) is -1.47. The summed E-state index contributed by atoms with van der Waals surface area (Å²) in [4.78, 5) is 31.9. The minimum Gasteiger partial charge on any atom is -0.301 e. The van der Waals surface area contributed by atoms with Crippen molar-refractivity contribution < 1.29 is 4.79 Å². The van der Waals surface area contributed by atoms with Gasteiger partial charge in [0.1, 0.15) is 19.2 Å². The number of hydrogen-bond acceptors (Lipinski definition) is 4. The van der Waals surface area contributed by atoms with Crippen LogP contribution in [0.2, 0.25) is 0 Å². The Morgan fingerprint density at radius 1 is 1.50 bits per heavy atom. The van der Waals surface area contributed by atoms with E-state index in [1.54, 1.807) is 0 Å². The van der Waals surface area contributed by atoms with E-state index in [4.69, 9.17) is 0 Å². The van der Waals surface area contributed by atoms with Crippen LogP contribution in [0.1, 0.15) is 0 Å². The van der Waals surface area contributed by atoms with E-state index in [0.717, 1.165) is 9.25 Å². The SMILES string of the molecule is Cn1cnn(CC=O)c(=O)c1=O. The van der Waals surface area contributed by atoms with Gasteiger partial charge in [-0.25, -0.2) is 4.68 Å². The van der Waals surface area contributed by atoms with E-state index in [1.807, 2.05) is 0 Å². The first-order chi connectivity index (χ1) is 5.66. The summed E-state index contributed by atoms with van der Waals surface area (Å²) >= 11 is 0. The van der Waals surface area contributed by atoms with Gasteiger partial charge in [0.15, 0.2) is 0 Å². The molecule has 0 aromatic carbocycles. The van der Waals surface area contributed by atoms with Crippen LogP contribution in [-0.4, -0.2) is 20.6 Å². The lowest BCUT2D eigenvalue weighted by Crippen LogP contribution is -2.41. The molecule has 6 heteroatoms. The molecular formula is C6H7N3O3. The Labute approximate surface area is 67.1 Å². The molecule has 64 valence electrons. The summed E-state index contributed by atoms with van der Waals surface area (Å²) in [7, 11) is 1.42. The van der Waals surface area contributed by atoms with E-state index < -0.39 is 11.1 Å². The predicted molar refractivity (Wildman–Crippen MR) is 39.8 cm³/mol. The Bertz CT molecular complexity index is 403. The number of aryl methyl sites for hydroxylation is 1. The summed E-state index contributed by atoms with van der Waals surface area (Å²) in [6.45, 7) is -0.186. The third kappa shape index (κ3) is 1.31. The molecule has 0 bridgehead atoms. The summed E-state index contributed by atoms with van der Waals surface area (Å²) in [5, 5.41) is 3.56. The number of nitrogens with zero attached hydrogens (tertiary/aromatic N) is 3. The Kier molecular flexibility index (Phi) is 2.18. The monoisotopic (exact) mass is 169 g/mol. The van der Waals surface area contributed by atoms with Crippen LogP contribution in [0.4, 0.5) is 0 Å². The summed E-state index contributed by atoms with van der Waals surface area (Å²) in [5.74, 6) is 0. The van der Waals surface area contributed by atoms with Crippen LogP contribution in [0.25, 0.3) is 0 Å². The standard InChI is InChI=1S/C6H7N3O3/c1-8-4-7-9(2-3-10)6(12)5(8)11/h3-4H,2H2,1H3. The molecule has 0 atom stereocenters. The van der Waals surface area contributed by atoms with Gasteiger partial charge in [0.05, 0.1) is 0 Å². The molecular weight excluding hydrogens is 162 g/mol. The van der Waals surface area contributed by atoms with E-state index in [9.17, 15) is 14.4 Å². The van der Waals surface area contributed by atoms with E-state index in [1.165, 1.54) is 13.4 Å². The summed E-state index contributed by atoms with van der Waals surface area (Å²) < 4.78 is 1.87. The molecule has 1 aromatic heterocycles. The number of carbonyl (C=O) groups is 1. The zero-order chi connectivity index (χ0) is 9.14. The molecule has 0 aliphatic heterocycles. The van der Waals surface area contributed by atoms with Gasteiger partial charge >= 0.3 is 11.1 Å². The first kappa shape index (κ1) is 8.38. The lowest BCUT2D eigenvalue weighted by Gasteiger charge is -1.98. The minimum atomic E-state index is -0.785. The van der Waals surface area contributed by atoms with Crippen molar-refractivity contribution in [3.05, 3.63) is 27.0 Å². The molecule has 12 heavy (non-hydrogen) atoms. The number of carbonyl (C=O) groups excluding carboxylic acids is 1. The maximum Gasteiger partial charge on any atom is 0.332 e. The molecule has 0 spiro atoms. The number of rotatable bonds is 2. The van der Waals surface area contributed by atoms with Crippen molar-refractivity contribution in [3.8, 4) is 0 Å². The Hall–Kier alpha value is -1.72. The van der Waals surface area contributed by atoms with E-state index in [2.05, 4.69) is 5.10 Å². The van der Waals surface area contributed by atoms with Gasteiger partial charge in [-0.1, -0.05) is 0 Å². The molecule has 6 nitrogen and oxygen atoms in total. The number of hydrogen-bond donors (Lipinski definition) is 0. The molecule has 0 saturated heterocycles. The minimum absolute atomic E-state index is 0.186. The van der Waals surface area contributed by atoms with Crippen LogP contribution < -0.4 is 11.1 Å². The molecule has 1 aromatic rings. The second kappa shape index (κ2) is 3.12. The van der Waals surface area contributed by atoms with Crippen LogP contribution >= 0.6 is 0 Å². The quantitative estimate of drug-likeness (QED) is 0.384. The molecule has 0 fully saturated rings. The van der Waals surface area contributed by atoms with E-state index in [0.29, 0.717) is 6.29 Å². The van der Waals surface area contributed by atoms with Crippen LogP contribution in [0.3, 0.4) is 0 Å². The van der Waals surface area contributed by atoms with Crippen LogP contribution in [-0.2, 0) is 18.4 Å². The topological polar surface area (TPSA) is 74.0 Å². The van der Waals surface area contributed by atoms with Gasteiger partial charge in [0, 0.05) is 7.05 Å². The van der Waals surface area contributed by atoms with Gasteiger partial charge in [-0.15, -0.1) is 0 Å². The molecule has 0 saturated carbocycles. The maximum absolute atomic E-state index is 11.0. The molecule has 0 amide bonds. The zero-order valence-corrected chi connectivity index (χ0v) is 6.43. The van der Waals surface area contributed by atoms with Gasteiger partial charge in [-0.2, -0.15) is 5.10 Å². The smallest absolute Gasteiger partial charge is 0.301 e. The third-order valence-electron chi connectivity index (χ3n) is 1.35. The average molecular weight is 169 g/mol. The van der Waals surface area contributed by atoms with Gasteiger partial charge in [0.2, 0.25) is 0 Å². The van der Waals surface area contributed by atoms with E-state index in [-0.39, 0.29) is 6.54 Å². The molecule has 0 aliphatic carbocycles. The van der Waals surface area contributed by atoms with Crippen molar-refractivity contribution in [2.45, 2.75) is 6.54 Å². The number of aldehydes is 1. The predicted octanol–water partition coefficient (Wildman–Crippen LogP) is -1.86. The highest BCUT2D eigenvalue weighted by molar-refractivity contribution is 5.48. The normalized spacial score (nSPS) is 9.75.